The van der Waals surface area contributed by atoms with Crippen molar-refractivity contribution in [3.8, 4) is 0 Å². The first-order chi connectivity index (χ1) is 14.5. The number of para-hydroxylation sites is 1. The average Bonchev–Trinajstić information content (AvgIpc) is 3.28. The van der Waals surface area contributed by atoms with Gasteiger partial charge in [-0.25, -0.2) is 4.39 Å². The maximum atomic E-state index is 13.4. The molecule has 2 heterocycles. The third-order valence-corrected chi connectivity index (χ3v) is 6.52. The monoisotopic (exact) mass is 424 g/mol. The minimum absolute atomic E-state index is 0.135. The standard InChI is InChI=1S/C23H21FN2O3S/c1-15(22(27)25-13-18-5-4-12-29-18)21-23(28)26(14-16-8-10-17(24)11-9-16)19-6-2-3-7-20(19)30-21/h2-12,15,21H,13-14H2,1H3,(H,25,27)/t15-,21-/m1/s1. The second-order valence-electron chi connectivity index (χ2n) is 7.14. The zero-order valence-corrected chi connectivity index (χ0v) is 17.2. The lowest BCUT2D eigenvalue weighted by Gasteiger charge is -2.35. The van der Waals surface area contributed by atoms with Crippen molar-refractivity contribution in [1.82, 2.24) is 5.32 Å². The molecule has 1 aromatic heterocycles. The second-order valence-corrected chi connectivity index (χ2v) is 8.33. The van der Waals surface area contributed by atoms with Gasteiger partial charge >= 0.3 is 0 Å². The molecule has 4 rings (SSSR count). The highest BCUT2D eigenvalue weighted by molar-refractivity contribution is 8.01. The van der Waals surface area contributed by atoms with Gasteiger partial charge in [0.15, 0.2) is 0 Å². The summed E-state index contributed by atoms with van der Waals surface area (Å²) in [5.74, 6) is -0.551. The van der Waals surface area contributed by atoms with E-state index in [-0.39, 0.29) is 24.2 Å². The molecule has 0 saturated heterocycles. The minimum Gasteiger partial charge on any atom is -0.467 e. The van der Waals surface area contributed by atoms with Crippen LogP contribution in [0.5, 0.6) is 0 Å². The number of hydrogen-bond acceptors (Lipinski definition) is 4. The van der Waals surface area contributed by atoms with Gasteiger partial charge in [-0.1, -0.05) is 31.2 Å². The molecule has 1 N–H and O–H groups in total. The van der Waals surface area contributed by atoms with E-state index >= 15 is 0 Å². The summed E-state index contributed by atoms with van der Waals surface area (Å²) in [6.45, 7) is 2.35. The lowest BCUT2D eigenvalue weighted by molar-refractivity contribution is -0.128. The summed E-state index contributed by atoms with van der Waals surface area (Å²) in [5.41, 5.74) is 1.62. The second kappa shape index (κ2) is 8.75. The highest BCUT2D eigenvalue weighted by Gasteiger charge is 2.39. The Hall–Kier alpha value is -3.06. The summed E-state index contributed by atoms with van der Waals surface area (Å²) in [6, 6.07) is 17.3. The third-order valence-electron chi connectivity index (χ3n) is 5.06. The zero-order chi connectivity index (χ0) is 21.1. The van der Waals surface area contributed by atoms with Crippen molar-refractivity contribution in [3.05, 3.63) is 84.1 Å². The van der Waals surface area contributed by atoms with E-state index < -0.39 is 11.2 Å². The van der Waals surface area contributed by atoms with Crippen LogP contribution >= 0.6 is 11.8 Å². The number of nitrogens with one attached hydrogen (secondary N) is 1. The normalized spacial score (nSPS) is 16.8. The van der Waals surface area contributed by atoms with Crippen molar-refractivity contribution in [3.63, 3.8) is 0 Å². The van der Waals surface area contributed by atoms with Crippen LogP contribution in [0.15, 0.2) is 76.2 Å². The molecule has 2 aromatic carbocycles. The summed E-state index contributed by atoms with van der Waals surface area (Å²) in [4.78, 5) is 28.7. The summed E-state index contributed by atoms with van der Waals surface area (Å²) in [6.07, 6.45) is 1.55. The van der Waals surface area contributed by atoms with Crippen LogP contribution in [0.25, 0.3) is 0 Å². The fraction of sp³-hybridized carbons (Fsp3) is 0.217. The Morgan fingerprint density at radius 3 is 2.67 bits per heavy atom. The molecule has 0 unspecified atom stereocenters. The first-order valence-electron chi connectivity index (χ1n) is 9.64. The summed E-state index contributed by atoms with van der Waals surface area (Å²) < 4.78 is 18.5. The maximum Gasteiger partial charge on any atom is 0.241 e. The fourth-order valence-electron chi connectivity index (χ4n) is 3.38. The third kappa shape index (κ3) is 4.26. The molecule has 0 spiro atoms. The van der Waals surface area contributed by atoms with Crippen molar-refractivity contribution in [2.75, 3.05) is 4.90 Å². The van der Waals surface area contributed by atoms with Gasteiger partial charge in [0, 0.05) is 4.90 Å². The molecule has 0 radical (unpaired) electrons. The Balaban J connectivity index is 1.54. The summed E-state index contributed by atoms with van der Waals surface area (Å²) in [7, 11) is 0. The van der Waals surface area contributed by atoms with Crippen molar-refractivity contribution in [1.29, 1.82) is 0 Å². The number of nitrogens with zero attached hydrogens (tertiary/aromatic N) is 1. The van der Waals surface area contributed by atoms with E-state index in [2.05, 4.69) is 5.32 Å². The number of amides is 2. The molecular formula is C23H21FN2O3S. The SMILES string of the molecule is C[C@@H](C(=O)NCc1ccco1)[C@H]1Sc2ccccc2N(Cc2ccc(F)cc2)C1=O. The van der Waals surface area contributed by atoms with E-state index in [1.54, 1.807) is 42.4 Å². The number of rotatable bonds is 6. The van der Waals surface area contributed by atoms with Crippen LogP contribution in [0.3, 0.4) is 0 Å². The average molecular weight is 424 g/mol. The molecule has 0 saturated carbocycles. The number of hydrogen-bond donors (Lipinski definition) is 1. The number of fused-ring (bicyclic) bond motifs is 1. The van der Waals surface area contributed by atoms with Gasteiger partial charge in [0.2, 0.25) is 11.8 Å². The van der Waals surface area contributed by atoms with Gasteiger partial charge < -0.3 is 14.6 Å². The molecule has 7 heteroatoms. The Morgan fingerprint density at radius 1 is 1.17 bits per heavy atom. The number of halogens is 1. The van der Waals surface area contributed by atoms with Crippen LogP contribution in [-0.2, 0) is 22.7 Å². The molecule has 30 heavy (non-hydrogen) atoms. The Labute approximate surface area is 178 Å². The summed E-state index contributed by atoms with van der Waals surface area (Å²) in [5, 5.41) is 2.28. The first kappa shape index (κ1) is 20.2. The Kier molecular flexibility index (Phi) is 5.90. The fourth-order valence-corrected chi connectivity index (χ4v) is 4.66. The molecule has 2 atom stereocenters. The van der Waals surface area contributed by atoms with Gasteiger partial charge in [-0.2, -0.15) is 0 Å². The molecular weight excluding hydrogens is 403 g/mol. The topological polar surface area (TPSA) is 62.6 Å². The molecule has 1 aliphatic heterocycles. The van der Waals surface area contributed by atoms with Gasteiger partial charge in [0.05, 0.1) is 31.0 Å². The maximum absolute atomic E-state index is 13.4. The number of carbonyl (C=O) groups is 2. The predicted octanol–water partition coefficient (Wildman–Crippen LogP) is 4.38. The first-order valence-corrected chi connectivity index (χ1v) is 10.5. The predicted molar refractivity (Wildman–Crippen MR) is 113 cm³/mol. The van der Waals surface area contributed by atoms with Crippen molar-refractivity contribution >= 4 is 29.3 Å². The lowest BCUT2D eigenvalue weighted by Crippen LogP contribution is -2.47. The smallest absolute Gasteiger partial charge is 0.241 e. The van der Waals surface area contributed by atoms with E-state index in [1.165, 1.54) is 23.9 Å². The molecule has 0 aliphatic carbocycles. The zero-order valence-electron chi connectivity index (χ0n) is 16.4. The van der Waals surface area contributed by atoms with Gasteiger partial charge in [0.25, 0.3) is 0 Å². The molecule has 154 valence electrons. The number of furan rings is 1. The van der Waals surface area contributed by atoms with E-state index in [1.807, 2.05) is 24.3 Å². The molecule has 0 bridgehead atoms. The highest BCUT2D eigenvalue weighted by atomic mass is 32.2. The Bertz CT molecular complexity index is 1040. The highest BCUT2D eigenvalue weighted by Crippen LogP contribution is 2.42. The van der Waals surface area contributed by atoms with Crippen LogP contribution in [0.2, 0.25) is 0 Å². The van der Waals surface area contributed by atoms with Gasteiger partial charge in [0.1, 0.15) is 16.8 Å². The van der Waals surface area contributed by atoms with Crippen LogP contribution in [0.1, 0.15) is 18.2 Å². The van der Waals surface area contributed by atoms with E-state index in [0.717, 1.165) is 16.1 Å². The van der Waals surface area contributed by atoms with Crippen molar-refractivity contribution in [2.24, 2.45) is 5.92 Å². The number of carbonyl (C=O) groups excluding carboxylic acids is 2. The number of benzene rings is 2. The van der Waals surface area contributed by atoms with E-state index in [0.29, 0.717) is 12.3 Å². The molecule has 5 nitrogen and oxygen atoms in total. The van der Waals surface area contributed by atoms with Crippen molar-refractivity contribution < 1.29 is 18.4 Å². The van der Waals surface area contributed by atoms with Crippen LogP contribution in [-0.4, -0.2) is 17.1 Å². The van der Waals surface area contributed by atoms with E-state index in [9.17, 15) is 14.0 Å². The largest absolute Gasteiger partial charge is 0.467 e. The Morgan fingerprint density at radius 2 is 1.93 bits per heavy atom. The van der Waals surface area contributed by atoms with Crippen LogP contribution in [0.4, 0.5) is 10.1 Å². The van der Waals surface area contributed by atoms with Gasteiger partial charge in [-0.3, -0.25) is 9.59 Å². The van der Waals surface area contributed by atoms with Crippen molar-refractivity contribution in [2.45, 2.75) is 30.2 Å². The summed E-state index contributed by atoms with van der Waals surface area (Å²) >= 11 is 1.41. The van der Waals surface area contributed by atoms with Crippen LogP contribution in [0, 0.1) is 11.7 Å². The lowest BCUT2D eigenvalue weighted by atomic mass is 10.0. The molecule has 0 fully saturated rings. The quantitative estimate of drug-likeness (QED) is 0.638. The van der Waals surface area contributed by atoms with E-state index in [4.69, 9.17) is 4.42 Å². The number of thioether (sulfide) groups is 1. The number of anilines is 1. The molecule has 1 aliphatic rings. The minimum atomic E-state index is -0.558. The van der Waals surface area contributed by atoms with Gasteiger partial charge in [-0.05, 0) is 42.0 Å². The van der Waals surface area contributed by atoms with Crippen LogP contribution < -0.4 is 10.2 Å². The molecule has 3 aromatic rings. The molecule has 2 amide bonds. The van der Waals surface area contributed by atoms with Gasteiger partial charge in [-0.15, -0.1) is 11.8 Å².